The van der Waals surface area contributed by atoms with Crippen LogP contribution in [0.4, 0.5) is 5.82 Å². The molecule has 0 unspecified atom stereocenters. The zero-order valence-electron chi connectivity index (χ0n) is 17.3. The standard InChI is InChI=1S/C18H21ClN2O.2C2H6/c1-18(2,3)9-15(22)13-10-21(11-13)17-14-7-5-4-6-12(14)8-16(19)20-17;2*1-2/h4-8,13H,9-11H2,1-3H3;2*1-2H3. The van der Waals surface area contributed by atoms with E-state index in [-0.39, 0.29) is 11.3 Å². The molecular weight excluding hydrogens is 344 g/mol. The van der Waals surface area contributed by atoms with Crippen molar-refractivity contribution in [1.82, 2.24) is 4.98 Å². The molecule has 0 aliphatic carbocycles. The van der Waals surface area contributed by atoms with Crippen LogP contribution in [-0.4, -0.2) is 23.9 Å². The molecule has 3 rings (SSSR count). The lowest BCUT2D eigenvalue weighted by Gasteiger charge is -2.40. The van der Waals surface area contributed by atoms with Crippen LogP contribution in [0.1, 0.15) is 54.9 Å². The Morgan fingerprint density at radius 1 is 1.15 bits per heavy atom. The Labute approximate surface area is 163 Å². The van der Waals surface area contributed by atoms with E-state index in [9.17, 15) is 4.79 Å². The molecule has 4 heteroatoms. The Kier molecular flexibility index (Phi) is 8.55. The van der Waals surface area contributed by atoms with Crippen LogP contribution < -0.4 is 4.90 Å². The Morgan fingerprint density at radius 2 is 1.73 bits per heavy atom. The summed E-state index contributed by atoms with van der Waals surface area (Å²) in [5.74, 6) is 1.37. The average Bonchev–Trinajstić information content (AvgIpc) is 2.55. The second kappa shape index (κ2) is 9.91. The summed E-state index contributed by atoms with van der Waals surface area (Å²) in [6.07, 6.45) is 0.634. The van der Waals surface area contributed by atoms with Gasteiger partial charge < -0.3 is 4.90 Å². The Bertz CT molecular complexity index is 716. The highest BCUT2D eigenvalue weighted by atomic mass is 35.5. The van der Waals surface area contributed by atoms with E-state index in [1.165, 1.54) is 0 Å². The number of halogens is 1. The van der Waals surface area contributed by atoms with E-state index < -0.39 is 0 Å². The summed E-state index contributed by atoms with van der Waals surface area (Å²) in [5.41, 5.74) is 0.0541. The minimum Gasteiger partial charge on any atom is -0.354 e. The van der Waals surface area contributed by atoms with Gasteiger partial charge in [0.15, 0.2) is 0 Å². The topological polar surface area (TPSA) is 33.2 Å². The molecule has 0 atom stereocenters. The highest BCUT2D eigenvalue weighted by Crippen LogP contribution is 2.33. The van der Waals surface area contributed by atoms with E-state index in [0.29, 0.717) is 17.4 Å². The molecule has 0 amide bonds. The summed E-state index contributed by atoms with van der Waals surface area (Å²) in [7, 11) is 0. The number of rotatable bonds is 3. The Hall–Kier alpha value is -1.61. The van der Waals surface area contributed by atoms with Crippen molar-refractivity contribution >= 4 is 34.0 Å². The molecule has 2 aromatic rings. The van der Waals surface area contributed by atoms with Crippen LogP contribution >= 0.6 is 11.6 Å². The smallest absolute Gasteiger partial charge is 0.140 e. The fourth-order valence-corrected chi connectivity index (χ4v) is 3.11. The van der Waals surface area contributed by atoms with E-state index in [1.54, 1.807) is 0 Å². The third-order valence-electron chi connectivity index (χ3n) is 4.03. The van der Waals surface area contributed by atoms with Gasteiger partial charge >= 0.3 is 0 Å². The second-order valence-corrected chi connectivity index (χ2v) is 7.68. The maximum Gasteiger partial charge on any atom is 0.140 e. The highest BCUT2D eigenvalue weighted by Gasteiger charge is 2.35. The van der Waals surface area contributed by atoms with Gasteiger partial charge in [-0.3, -0.25) is 4.79 Å². The van der Waals surface area contributed by atoms with Crippen LogP contribution in [0.3, 0.4) is 0 Å². The molecule has 1 aromatic carbocycles. The Balaban J connectivity index is 0.000000791. The molecule has 2 heterocycles. The number of ketones is 1. The number of benzene rings is 1. The van der Waals surface area contributed by atoms with Crippen LogP contribution in [0, 0.1) is 11.3 Å². The molecule has 3 nitrogen and oxygen atoms in total. The summed E-state index contributed by atoms with van der Waals surface area (Å²) < 4.78 is 0. The van der Waals surface area contributed by atoms with Crippen molar-refractivity contribution in [3.8, 4) is 0 Å². The molecule has 1 aliphatic heterocycles. The van der Waals surface area contributed by atoms with Crippen LogP contribution in [0.15, 0.2) is 30.3 Å². The number of fused-ring (bicyclic) bond motifs is 1. The van der Waals surface area contributed by atoms with Gasteiger partial charge in [-0.15, -0.1) is 0 Å². The van der Waals surface area contributed by atoms with Gasteiger partial charge in [0, 0.05) is 24.9 Å². The molecule has 1 fully saturated rings. The molecular formula is C22H33ClN2O. The van der Waals surface area contributed by atoms with Crippen molar-refractivity contribution in [3.05, 3.63) is 35.5 Å². The first-order chi connectivity index (χ1) is 12.3. The number of pyridine rings is 1. The maximum absolute atomic E-state index is 12.3. The molecule has 0 saturated carbocycles. The van der Waals surface area contributed by atoms with Gasteiger partial charge in [0.1, 0.15) is 16.8 Å². The predicted molar refractivity (Wildman–Crippen MR) is 114 cm³/mol. The fourth-order valence-electron chi connectivity index (χ4n) is 2.91. The van der Waals surface area contributed by atoms with Crippen LogP contribution in [0.5, 0.6) is 0 Å². The van der Waals surface area contributed by atoms with Crippen molar-refractivity contribution < 1.29 is 4.79 Å². The summed E-state index contributed by atoms with van der Waals surface area (Å²) in [6, 6.07) is 9.97. The number of nitrogens with zero attached hydrogens (tertiary/aromatic N) is 2. The summed E-state index contributed by atoms with van der Waals surface area (Å²) >= 11 is 6.13. The number of hydrogen-bond donors (Lipinski definition) is 0. The van der Waals surface area contributed by atoms with Gasteiger partial charge in [-0.05, 0) is 16.9 Å². The van der Waals surface area contributed by atoms with Gasteiger partial charge in [-0.2, -0.15) is 0 Å². The van der Waals surface area contributed by atoms with E-state index in [0.717, 1.165) is 29.7 Å². The number of carbonyl (C=O) groups excluding carboxylic acids is 1. The predicted octanol–water partition coefficient (Wildman–Crippen LogP) is 6.38. The molecule has 0 radical (unpaired) electrons. The average molecular weight is 377 g/mol. The zero-order valence-corrected chi connectivity index (χ0v) is 18.0. The van der Waals surface area contributed by atoms with Crippen LogP contribution in [0.2, 0.25) is 5.15 Å². The lowest BCUT2D eigenvalue weighted by Crippen LogP contribution is -2.51. The quantitative estimate of drug-likeness (QED) is 0.582. The number of Topliss-reactive ketones (excluding diaryl/α,β-unsaturated/α-hetero) is 1. The number of anilines is 1. The lowest BCUT2D eigenvalue weighted by atomic mass is 9.83. The van der Waals surface area contributed by atoms with Crippen LogP contribution in [0.25, 0.3) is 10.8 Å². The first-order valence-electron chi connectivity index (χ1n) is 9.66. The molecule has 1 aliphatic rings. The molecule has 0 N–H and O–H groups in total. The van der Waals surface area contributed by atoms with E-state index in [2.05, 4.69) is 36.7 Å². The number of aromatic nitrogens is 1. The third kappa shape index (κ3) is 5.70. The first kappa shape index (κ1) is 22.4. The SMILES string of the molecule is CC.CC.CC(C)(C)CC(=O)C1CN(c2nc(Cl)cc3ccccc23)C1. The normalized spacial score (nSPS) is 13.9. The monoisotopic (exact) mass is 376 g/mol. The first-order valence-corrected chi connectivity index (χ1v) is 10.0. The molecule has 0 bridgehead atoms. The number of hydrogen-bond acceptors (Lipinski definition) is 3. The third-order valence-corrected chi connectivity index (χ3v) is 4.22. The summed E-state index contributed by atoms with van der Waals surface area (Å²) in [4.78, 5) is 18.9. The van der Waals surface area contributed by atoms with Gasteiger partial charge in [-0.1, -0.05) is 84.3 Å². The van der Waals surface area contributed by atoms with Gasteiger partial charge in [0.05, 0.1) is 5.92 Å². The van der Waals surface area contributed by atoms with Crippen molar-refractivity contribution in [3.63, 3.8) is 0 Å². The molecule has 1 saturated heterocycles. The van der Waals surface area contributed by atoms with Crippen molar-refractivity contribution in [2.45, 2.75) is 54.9 Å². The molecule has 26 heavy (non-hydrogen) atoms. The molecule has 144 valence electrons. The van der Waals surface area contributed by atoms with Gasteiger partial charge in [-0.25, -0.2) is 4.98 Å². The van der Waals surface area contributed by atoms with Gasteiger partial charge in [0.2, 0.25) is 0 Å². The van der Waals surface area contributed by atoms with E-state index >= 15 is 0 Å². The number of carbonyl (C=O) groups is 1. The summed E-state index contributed by atoms with van der Waals surface area (Å²) in [5, 5.41) is 2.67. The minimum absolute atomic E-state index is 0.0541. The fraction of sp³-hybridized carbons (Fsp3) is 0.545. The molecule has 1 aromatic heterocycles. The molecule has 0 spiro atoms. The zero-order chi connectivity index (χ0) is 19.9. The summed E-state index contributed by atoms with van der Waals surface area (Å²) in [6.45, 7) is 15.8. The highest BCUT2D eigenvalue weighted by molar-refractivity contribution is 6.30. The lowest BCUT2D eigenvalue weighted by molar-refractivity contribution is -0.125. The van der Waals surface area contributed by atoms with Gasteiger partial charge in [0.25, 0.3) is 0 Å². The second-order valence-electron chi connectivity index (χ2n) is 7.30. The minimum atomic E-state index is 0.0541. The van der Waals surface area contributed by atoms with Crippen LogP contribution in [-0.2, 0) is 4.79 Å². The maximum atomic E-state index is 12.3. The van der Waals surface area contributed by atoms with Crippen molar-refractivity contribution in [1.29, 1.82) is 0 Å². The van der Waals surface area contributed by atoms with E-state index in [4.69, 9.17) is 11.6 Å². The Morgan fingerprint density at radius 3 is 2.31 bits per heavy atom. The van der Waals surface area contributed by atoms with Crippen molar-refractivity contribution in [2.24, 2.45) is 11.3 Å². The largest absolute Gasteiger partial charge is 0.354 e. The van der Waals surface area contributed by atoms with Crippen molar-refractivity contribution in [2.75, 3.05) is 18.0 Å². The van der Waals surface area contributed by atoms with E-state index in [1.807, 2.05) is 52.0 Å².